The zero-order chi connectivity index (χ0) is 10.8. The molecule has 0 amide bonds. The lowest BCUT2D eigenvalue weighted by molar-refractivity contribution is 0.0880. The van der Waals surface area contributed by atoms with Crippen LogP contribution in [-0.4, -0.2) is 29.8 Å². The molecular weight excluding hydrogens is 190 g/mol. The highest BCUT2D eigenvalue weighted by Crippen LogP contribution is 2.26. The Hall–Kier alpha value is 0.310. The van der Waals surface area contributed by atoms with E-state index in [1.807, 2.05) is 0 Å². The molecule has 0 N–H and O–H groups in total. The Kier molecular flexibility index (Phi) is 4.32. The molecule has 2 heteroatoms. The molecule has 2 unspecified atom stereocenters. The van der Waals surface area contributed by atoms with Gasteiger partial charge in [0, 0.05) is 19.1 Å². The summed E-state index contributed by atoms with van der Waals surface area (Å²) in [6, 6.07) is 0.769. The van der Waals surface area contributed by atoms with E-state index in [0.717, 1.165) is 17.7 Å². The van der Waals surface area contributed by atoms with Gasteiger partial charge in [-0.2, -0.15) is 12.6 Å². The summed E-state index contributed by atoms with van der Waals surface area (Å²) in [5, 5.41) is 0. The van der Waals surface area contributed by atoms with Crippen LogP contribution in [0.15, 0.2) is 0 Å². The van der Waals surface area contributed by atoms with Gasteiger partial charge in [-0.25, -0.2) is 0 Å². The van der Waals surface area contributed by atoms with Crippen molar-refractivity contribution >= 4 is 12.6 Å². The highest BCUT2D eigenvalue weighted by atomic mass is 32.1. The Morgan fingerprint density at radius 2 is 1.93 bits per heavy atom. The summed E-state index contributed by atoms with van der Waals surface area (Å²) in [4.78, 5) is 2.64. The fourth-order valence-electron chi connectivity index (χ4n) is 2.20. The smallest absolute Gasteiger partial charge is 0.00673 e. The third-order valence-corrected chi connectivity index (χ3v) is 4.16. The van der Waals surface area contributed by atoms with Crippen LogP contribution < -0.4 is 0 Å². The monoisotopic (exact) mass is 215 g/mol. The maximum Gasteiger partial charge on any atom is 0.00673 e. The van der Waals surface area contributed by atoms with Gasteiger partial charge >= 0.3 is 0 Å². The van der Waals surface area contributed by atoms with E-state index >= 15 is 0 Å². The molecule has 1 rings (SSSR count). The van der Waals surface area contributed by atoms with Gasteiger partial charge in [-0.15, -0.1) is 0 Å². The highest BCUT2D eigenvalue weighted by molar-refractivity contribution is 7.80. The largest absolute Gasteiger partial charge is 0.300 e. The molecule has 84 valence electrons. The molecule has 2 atom stereocenters. The minimum atomic E-state index is 0.356. The van der Waals surface area contributed by atoms with Gasteiger partial charge < -0.3 is 0 Å². The normalized spacial score (nSPS) is 30.6. The van der Waals surface area contributed by atoms with E-state index in [1.54, 1.807) is 0 Å². The van der Waals surface area contributed by atoms with Crippen molar-refractivity contribution in [3.05, 3.63) is 0 Å². The zero-order valence-electron chi connectivity index (χ0n) is 10.1. The van der Waals surface area contributed by atoms with Crippen molar-refractivity contribution < 1.29 is 0 Å². The van der Waals surface area contributed by atoms with Gasteiger partial charge in [0.1, 0.15) is 0 Å². The van der Waals surface area contributed by atoms with Crippen LogP contribution in [0.1, 0.15) is 40.5 Å². The Balaban J connectivity index is 2.49. The molecule has 0 saturated carbocycles. The number of likely N-dealkylation sites (tertiary alicyclic amines) is 1. The van der Waals surface area contributed by atoms with E-state index in [2.05, 4.69) is 45.2 Å². The summed E-state index contributed by atoms with van der Waals surface area (Å²) >= 11 is 4.43. The molecule has 1 fully saturated rings. The fourth-order valence-corrected chi connectivity index (χ4v) is 2.30. The van der Waals surface area contributed by atoms with Crippen molar-refractivity contribution in [3.63, 3.8) is 0 Å². The number of thiol groups is 1. The van der Waals surface area contributed by atoms with E-state index < -0.39 is 0 Å². The molecule has 1 aliphatic heterocycles. The number of rotatable bonds is 3. The lowest BCUT2D eigenvalue weighted by atomic mass is 9.90. The first kappa shape index (κ1) is 12.4. The molecule has 1 nitrogen and oxygen atoms in total. The van der Waals surface area contributed by atoms with E-state index in [0.29, 0.717) is 5.41 Å². The second-order valence-electron chi connectivity index (χ2n) is 5.78. The minimum Gasteiger partial charge on any atom is -0.300 e. The average molecular weight is 215 g/mol. The number of nitrogens with zero attached hydrogens (tertiary/aromatic N) is 1. The molecule has 1 saturated heterocycles. The third-order valence-electron chi connectivity index (χ3n) is 3.31. The van der Waals surface area contributed by atoms with Gasteiger partial charge in [0.15, 0.2) is 0 Å². The van der Waals surface area contributed by atoms with Crippen LogP contribution in [-0.2, 0) is 0 Å². The summed E-state index contributed by atoms with van der Waals surface area (Å²) in [6.45, 7) is 11.8. The van der Waals surface area contributed by atoms with E-state index in [1.165, 1.54) is 25.9 Å². The lowest BCUT2D eigenvalue weighted by Gasteiger charge is -2.41. The molecule has 0 aliphatic carbocycles. The van der Waals surface area contributed by atoms with Gasteiger partial charge in [0.05, 0.1) is 0 Å². The number of piperidine rings is 1. The summed E-state index contributed by atoms with van der Waals surface area (Å²) in [6.07, 6.45) is 2.77. The molecule has 0 aromatic carbocycles. The molecular formula is C12H25NS. The fraction of sp³-hybridized carbons (Fsp3) is 1.00. The van der Waals surface area contributed by atoms with Gasteiger partial charge in [0.25, 0.3) is 0 Å². The lowest BCUT2D eigenvalue weighted by Crippen LogP contribution is -2.46. The summed E-state index contributed by atoms with van der Waals surface area (Å²) < 4.78 is 0. The van der Waals surface area contributed by atoms with Gasteiger partial charge in [-0.05, 0) is 36.9 Å². The molecule has 0 radical (unpaired) electrons. The minimum absolute atomic E-state index is 0.356. The molecule has 0 spiro atoms. The van der Waals surface area contributed by atoms with E-state index in [-0.39, 0.29) is 0 Å². The molecule has 1 heterocycles. The third kappa shape index (κ3) is 3.47. The van der Waals surface area contributed by atoms with Gasteiger partial charge in [-0.3, -0.25) is 4.90 Å². The van der Waals surface area contributed by atoms with Crippen LogP contribution in [0.2, 0.25) is 0 Å². The molecule has 0 aromatic rings. The molecule has 0 bridgehead atoms. The van der Waals surface area contributed by atoms with E-state index in [4.69, 9.17) is 0 Å². The summed E-state index contributed by atoms with van der Waals surface area (Å²) in [7, 11) is 0. The van der Waals surface area contributed by atoms with Crippen molar-refractivity contribution in [2.24, 2.45) is 11.3 Å². The van der Waals surface area contributed by atoms with Gasteiger partial charge in [-0.1, -0.05) is 20.8 Å². The van der Waals surface area contributed by atoms with Crippen molar-refractivity contribution in [1.29, 1.82) is 0 Å². The predicted octanol–water partition coefficient (Wildman–Crippen LogP) is 3.06. The van der Waals surface area contributed by atoms with Crippen molar-refractivity contribution in [2.45, 2.75) is 46.6 Å². The van der Waals surface area contributed by atoms with Crippen LogP contribution in [0, 0.1) is 11.3 Å². The first-order valence-electron chi connectivity index (χ1n) is 5.79. The second kappa shape index (κ2) is 4.89. The Bertz CT molecular complexity index is 179. The van der Waals surface area contributed by atoms with E-state index in [9.17, 15) is 0 Å². The quantitative estimate of drug-likeness (QED) is 0.708. The van der Waals surface area contributed by atoms with Crippen LogP contribution in [0.4, 0.5) is 0 Å². The highest BCUT2D eigenvalue weighted by Gasteiger charge is 2.27. The van der Waals surface area contributed by atoms with Crippen molar-refractivity contribution in [2.75, 3.05) is 18.8 Å². The van der Waals surface area contributed by atoms with Crippen LogP contribution in [0.5, 0.6) is 0 Å². The summed E-state index contributed by atoms with van der Waals surface area (Å²) in [5.41, 5.74) is 0.356. The summed E-state index contributed by atoms with van der Waals surface area (Å²) in [5.74, 6) is 1.85. The maximum atomic E-state index is 4.43. The Morgan fingerprint density at radius 3 is 2.50 bits per heavy atom. The van der Waals surface area contributed by atoms with Crippen LogP contribution in [0.25, 0.3) is 0 Å². The van der Waals surface area contributed by atoms with Crippen LogP contribution >= 0.6 is 12.6 Å². The second-order valence-corrected chi connectivity index (χ2v) is 6.10. The first-order valence-corrected chi connectivity index (χ1v) is 6.43. The average Bonchev–Trinajstić information content (AvgIpc) is 2.11. The topological polar surface area (TPSA) is 3.24 Å². The zero-order valence-corrected chi connectivity index (χ0v) is 11.0. The molecule has 0 aromatic heterocycles. The molecule has 14 heavy (non-hydrogen) atoms. The Morgan fingerprint density at radius 1 is 1.29 bits per heavy atom. The van der Waals surface area contributed by atoms with Crippen molar-refractivity contribution in [3.8, 4) is 0 Å². The maximum absolute atomic E-state index is 4.43. The molecule has 1 aliphatic rings. The Labute approximate surface area is 94.7 Å². The number of hydrogen-bond acceptors (Lipinski definition) is 2. The predicted molar refractivity (Wildman–Crippen MR) is 67.1 cm³/mol. The van der Waals surface area contributed by atoms with Gasteiger partial charge in [0.2, 0.25) is 0 Å². The SMILES string of the molecule is CC1CCC(C)N(CC(C)(C)CS)C1. The first-order chi connectivity index (χ1) is 6.44. The number of hydrogen-bond donors (Lipinski definition) is 1. The standard InChI is InChI=1S/C12H25NS/c1-10-5-6-11(2)13(7-10)8-12(3,4)9-14/h10-11,14H,5-9H2,1-4H3. The van der Waals surface area contributed by atoms with Crippen LogP contribution in [0.3, 0.4) is 0 Å². The van der Waals surface area contributed by atoms with Crippen molar-refractivity contribution in [1.82, 2.24) is 4.90 Å².